The number of anilines is 1. The SMILES string of the molecule is COc1cccc(C)c1C(=O)NCc1ccc(-c2nn([C@@H]3CCCN(C(=O)OC(C)(C)C)C3)c3ncnc(N)c23)cc1. The van der Waals surface area contributed by atoms with Gasteiger partial charge in [0.05, 0.1) is 24.1 Å². The number of piperidine rings is 1. The number of methoxy groups -OCH3 is 1. The summed E-state index contributed by atoms with van der Waals surface area (Å²) in [6.07, 6.45) is 2.75. The van der Waals surface area contributed by atoms with Gasteiger partial charge in [-0.25, -0.2) is 19.4 Å². The Balaban J connectivity index is 1.37. The summed E-state index contributed by atoms with van der Waals surface area (Å²) in [5.74, 6) is 0.679. The number of nitrogens with two attached hydrogens (primary N) is 1. The smallest absolute Gasteiger partial charge is 0.410 e. The number of likely N-dealkylation sites (tertiary alicyclic amines) is 1. The van der Waals surface area contributed by atoms with E-state index < -0.39 is 5.60 Å². The Bertz CT molecular complexity index is 1610. The molecular weight excluding hydrogens is 534 g/mol. The third kappa shape index (κ3) is 6.00. The second-order valence-corrected chi connectivity index (χ2v) is 11.5. The fraction of sp³-hybridized carbons (Fsp3) is 0.387. The van der Waals surface area contributed by atoms with E-state index in [-0.39, 0.29) is 18.0 Å². The van der Waals surface area contributed by atoms with E-state index in [2.05, 4.69) is 15.3 Å². The third-order valence-electron chi connectivity index (χ3n) is 7.27. The Morgan fingerprint density at radius 3 is 2.60 bits per heavy atom. The molecule has 1 saturated heterocycles. The molecule has 4 aromatic rings. The van der Waals surface area contributed by atoms with Gasteiger partial charge in [0.25, 0.3) is 5.91 Å². The highest BCUT2D eigenvalue weighted by Crippen LogP contribution is 2.34. The summed E-state index contributed by atoms with van der Waals surface area (Å²) in [5.41, 5.74) is 10.2. The molecule has 1 aliphatic heterocycles. The lowest BCUT2D eigenvalue weighted by molar-refractivity contribution is 0.0169. The van der Waals surface area contributed by atoms with E-state index in [0.29, 0.717) is 53.5 Å². The van der Waals surface area contributed by atoms with Gasteiger partial charge >= 0.3 is 6.09 Å². The van der Waals surface area contributed by atoms with Gasteiger partial charge < -0.3 is 25.4 Å². The zero-order valence-electron chi connectivity index (χ0n) is 24.7. The number of hydrogen-bond acceptors (Lipinski definition) is 8. The second kappa shape index (κ2) is 11.7. The molecule has 1 fully saturated rings. The Morgan fingerprint density at radius 2 is 1.88 bits per heavy atom. The van der Waals surface area contributed by atoms with Crippen molar-refractivity contribution in [2.75, 3.05) is 25.9 Å². The molecule has 0 bridgehead atoms. The van der Waals surface area contributed by atoms with Crippen molar-refractivity contribution < 1.29 is 19.1 Å². The van der Waals surface area contributed by atoms with Crippen LogP contribution in [-0.2, 0) is 11.3 Å². The quantitative estimate of drug-likeness (QED) is 0.334. The largest absolute Gasteiger partial charge is 0.496 e. The average molecular weight is 572 g/mol. The number of rotatable bonds is 6. The first-order chi connectivity index (χ1) is 20.1. The van der Waals surface area contributed by atoms with Gasteiger partial charge in [0.2, 0.25) is 0 Å². The van der Waals surface area contributed by atoms with Crippen molar-refractivity contribution in [3.63, 3.8) is 0 Å². The number of ether oxygens (including phenoxy) is 2. The highest BCUT2D eigenvalue weighted by Gasteiger charge is 2.31. The van der Waals surface area contributed by atoms with E-state index in [1.807, 2.05) is 68.8 Å². The van der Waals surface area contributed by atoms with Crippen molar-refractivity contribution >= 4 is 28.9 Å². The summed E-state index contributed by atoms with van der Waals surface area (Å²) in [5, 5.41) is 8.60. The molecule has 2 aromatic carbocycles. The van der Waals surface area contributed by atoms with Crippen LogP contribution in [0.25, 0.3) is 22.3 Å². The van der Waals surface area contributed by atoms with Crippen LogP contribution in [0.5, 0.6) is 5.75 Å². The minimum Gasteiger partial charge on any atom is -0.496 e. The van der Waals surface area contributed by atoms with Crippen molar-refractivity contribution in [2.24, 2.45) is 0 Å². The molecule has 11 nitrogen and oxygen atoms in total. The molecular formula is C31H37N7O4. The lowest BCUT2D eigenvalue weighted by Crippen LogP contribution is -2.43. The van der Waals surface area contributed by atoms with Gasteiger partial charge in [0.15, 0.2) is 5.65 Å². The first kappa shape index (κ1) is 28.8. The molecule has 3 heterocycles. The number of amides is 2. The van der Waals surface area contributed by atoms with Gasteiger partial charge in [0.1, 0.15) is 29.2 Å². The highest BCUT2D eigenvalue weighted by atomic mass is 16.6. The summed E-state index contributed by atoms with van der Waals surface area (Å²) >= 11 is 0. The summed E-state index contributed by atoms with van der Waals surface area (Å²) in [6, 6.07) is 13.2. The van der Waals surface area contributed by atoms with Crippen molar-refractivity contribution in [1.82, 2.24) is 30.0 Å². The average Bonchev–Trinajstić information content (AvgIpc) is 3.36. The van der Waals surface area contributed by atoms with E-state index in [1.54, 1.807) is 18.1 Å². The number of carbonyl (C=O) groups excluding carboxylic acids is 2. The molecule has 1 aliphatic rings. The van der Waals surface area contributed by atoms with Crippen molar-refractivity contribution in [3.05, 3.63) is 65.5 Å². The molecule has 0 aliphatic carbocycles. The van der Waals surface area contributed by atoms with Crippen molar-refractivity contribution in [2.45, 2.75) is 58.7 Å². The molecule has 0 saturated carbocycles. The van der Waals surface area contributed by atoms with Crippen LogP contribution in [-0.4, -0.2) is 62.4 Å². The normalized spacial score (nSPS) is 15.5. The predicted molar refractivity (Wildman–Crippen MR) is 160 cm³/mol. The first-order valence-electron chi connectivity index (χ1n) is 14.0. The molecule has 42 heavy (non-hydrogen) atoms. The number of hydrogen-bond donors (Lipinski definition) is 2. The van der Waals surface area contributed by atoms with Gasteiger partial charge in [-0.15, -0.1) is 0 Å². The maximum absolute atomic E-state index is 12.9. The van der Waals surface area contributed by atoms with Crippen LogP contribution in [0.3, 0.4) is 0 Å². The molecule has 11 heteroatoms. The number of nitrogens with one attached hydrogen (secondary N) is 1. The van der Waals surface area contributed by atoms with Crippen molar-refractivity contribution in [3.8, 4) is 17.0 Å². The number of aromatic nitrogens is 4. The van der Waals surface area contributed by atoms with E-state index in [9.17, 15) is 9.59 Å². The Hall–Kier alpha value is -4.67. The van der Waals surface area contributed by atoms with Crippen LogP contribution < -0.4 is 15.8 Å². The minimum atomic E-state index is -0.570. The number of carbonyl (C=O) groups is 2. The molecule has 3 N–H and O–H groups in total. The fourth-order valence-electron chi connectivity index (χ4n) is 5.25. The second-order valence-electron chi connectivity index (χ2n) is 11.5. The van der Waals surface area contributed by atoms with Crippen molar-refractivity contribution in [1.29, 1.82) is 0 Å². The van der Waals surface area contributed by atoms with Crippen LogP contribution in [0.4, 0.5) is 10.6 Å². The van der Waals surface area contributed by atoms with Gasteiger partial charge in [-0.2, -0.15) is 5.10 Å². The Kier molecular flexibility index (Phi) is 8.02. The van der Waals surface area contributed by atoms with Gasteiger partial charge in [-0.3, -0.25) is 4.79 Å². The maximum Gasteiger partial charge on any atom is 0.410 e. The summed E-state index contributed by atoms with van der Waals surface area (Å²) in [6.45, 7) is 8.90. The number of benzene rings is 2. The van der Waals surface area contributed by atoms with Gasteiger partial charge in [0, 0.05) is 25.2 Å². The third-order valence-corrected chi connectivity index (χ3v) is 7.27. The molecule has 2 amide bonds. The lowest BCUT2D eigenvalue weighted by Gasteiger charge is -2.34. The van der Waals surface area contributed by atoms with Crippen LogP contribution in [0.1, 0.15) is 61.1 Å². The van der Waals surface area contributed by atoms with Crippen LogP contribution in [0, 0.1) is 6.92 Å². The molecule has 0 unspecified atom stereocenters. The minimum absolute atomic E-state index is 0.0928. The number of fused-ring (bicyclic) bond motifs is 1. The lowest BCUT2D eigenvalue weighted by atomic mass is 10.1. The van der Waals surface area contributed by atoms with Crippen LogP contribution in [0.15, 0.2) is 48.8 Å². The number of nitrogens with zero attached hydrogens (tertiary/aromatic N) is 5. The molecule has 0 radical (unpaired) electrons. The molecule has 1 atom stereocenters. The monoisotopic (exact) mass is 571 g/mol. The zero-order valence-corrected chi connectivity index (χ0v) is 24.7. The summed E-state index contributed by atoms with van der Waals surface area (Å²) in [7, 11) is 1.55. The fourth-order valence-corrected chi connectivity index (χ4v) is 5.25. The maximum atomic E-state index is 12.9. The molecule has 5 rings (SSSR count). The number of aryl methyl sites for hydroxylation is 1. The van der Waals surface area contributed by atoms with E-state index in [1.165, 1.54) is 6.33 Å². The Labute approximate surface area is 245 Å². The predicted octanol–water partition coefficient (Wildman–Crippen LogP) is 4.89. The summed E-state index contributed by atoms with van der Waals surface area (Å²) in [4.78, 5) is 36.2. The molecule has 0 spiro atoms. The van der Waals surface area contributed by atoms with E-state index >= 15 is 0 Å². The zero-order chi connectivity index (χ0) is 30.0. The van der Waals surface area contributed by atoms with E-state index in [4.69, 9.17) is 20.3 Å². The van der Waals surface area contributed by atoms with Crippen LogP contribution >= 0.6 is 0 Å². The van der Waals surface area contributed by atoms with Crippen LogP contribution in [0.2, 0.25) is 0 Å². The van der Waals surface area contributed by atoms with E-state index in [0.717, 1.165) is 29.5 Å². The number of nitrogen functional groups attached to an aromatic ring is 1. The Morgan fingerprint density at radius 1 is 1.12 bits per heavy atom. The molecule has 220 valence electrons. The highest BCUT2D eigenvalue weighted by molar-refractivity contribution is 5.99. The first-order valence-corrected chi connectivity index (χ1v) is 14.0. The van der Waals surface area contributed by atoms with Gasteiger partial charge in [-0.05, 0) is 57.7 Å². The summed E-state index contributed by atoms with van der Waals surface area (Å²) < 4.78 is 12.8. The molecule has 2 aromatic heterocycles. The van der Waals surface area contributed by atoms with Gasteiger partial charge in [-0.1, -0.05) is 36.4 Å². The topological polar surface area (TPSA) is 137 Å². The standard InChI is InChI=1S/C31H37N7O4/c1-19-8-6-10-23(41-5)24(19)29(39)33-16-20-11-13-21(14-12-20)26-25-27(32)34-18-35-28(25)38(36-26)22-9-7-15-37(17-22)30(40)42-31(2,3)4/h6,8,10-14,18,22H,7,9,15-17H2,1-5H3,(H,33,39)(H2,32,34,35)/t22-/m1/s1.